The van der Waals surface area contributed by atoms with Gasteiger partial charge in [-0.1, -0.05) is 30.3 Å². The Morgan fingerprint density at radius 1 is 1.25 bits per heavy atom. The molecule has 2 atom stereocenters. The normalized spacial score (nSPS) is 29.1. The molecule has 0 aliphatic carbocycles. The Morgan fingerprint density at radius 3 is 2.58 bits per heavy atom. The summed E-state index contributed by atoms with van der Waals surface area (Å²) >= 11 is 0. The van der Waals surface area contributed by atoms with Gasteiger partial charge in [-0.2, -0.15) is 0 Å². The van der Waals surface area contributed by atoms with E-state index in [4.69, 9.17) is 9.47 Å². The fourth-order valence-corrected chi connectivity index (χ4v) is 1.30. The molecule has 1 heterocycles. The molecule has 1 aromatic rings. The first-order valence-electron chi connectivity index (χ1n) is 4.18. The summed E-state index contributed by atoms with van der Waals surface area (Å²) in [6.45, 7) is 2.71. The molecule has 2 nitrogen and oxygen atoms in total. The molecule has 2 heteroatoms. The maximum Gasteiger partial charge on any atom is 0.184 e. The SMILES string of the molecule is C[C@@H]1COC(c2ccccc2)O1. The summed E-state index contributed by atoms with van der Waals surface area (Å²) in [4.78, 5) is 0. The summed E-state index contributed by atoms with van der Waals surface area (Å²) in [7, 11) is 0. The van der Waals surface area contributed by atoms with Gasteiger partial charge in [0.15, 0.2) is 6.29 Å². The summed E-state index contributed by atoms with van der Waals surface area (Å²) in [5.41, 5.74) is 1.10. The molecule has 2 rings (SSSR count). The first kappa shape index (κ1) is 7.77. The molecule has 1 aromatic carbocycles. The van der Waals surface area contributed by atoms with Crippen LogP contribution in [0.15, 0.2) is 30.3 Å². The van der Waals surface area contributed by atoms with Crippen molar-refractivity contribution in [3.63, 3.8) is 0 Å². The van der Waals surface area contributed by atoms with Gasteiger partial charge in [0.1, 0.15) is 0 Å². The second-order valence-electron chi connectivity index (χ2n) is 3.02. The quantitative estimate of drug-likeness (QED) is 0.633. The zero-order chi connectivity index (χ0) is 8.39. The first-order valence-corrected chi connectivity index (χ1v) is 4.18. The predicted octanol–water partition coefficient (Wildman–Crippen LogP) is 2.12. The van der Waals surface area contributed by atoms with E-state index in [9.17, 15) is 0 Å². The van der Waals surface area contributed by atoms with Crippen molar-refractivity contribution in [2.75, 3.05) is 6.61 Å². The number of benzene rings is 1. The molecule has 0 saturated carbocycles. The van der Waals surface area contributed by atoms with E-state index in [0.717, 1.165) is 5.56 Å². The van der Waals surface area contributed by atoms with E-state index < -0.39 is 0 Å². The number of hydrogen-bond acceptors (Lipinski definition) is 2. The number of rotatable bonds is 1. The summed E-state index contributed by atoms with van der Waals surface area (Å²) in [6, 6.07) is 10.0. The molecule has 1 aliphatic rings. The van der Waals surface area contributed by atoms with E-state index in [-0.39, 0.29) is 12.4 Å². The lowest BCUT2D eigenvalue weighted by atomic mass is 10.2. The second kappa shape index (κ2) is 3.25. The summed E-state index contributed by atoms with van der Waals surface area (Å²) in [5, 5.41) is 0. The first-order chi connectivity index (χ1) is 5.86. The maximum absolute atomic E-state index is 5.53. The molecule has 64 valence electrons. The van der Waals surface area contributed by atoms with Gasteiger partial charge < -0.3 is 9.47 Å². The Kier molecular flexibility index (Phi) is 2.11. The zero-order valence-corrected chi connectivity index (χ0v) is 7.07. The van der Waals surface area contributed by atoms with E-state index >= 15 is 0 Å². The Labute approximate surface area is 72.1 Å². The van der Waals surface area contributed by atoms with Crippen LogP contribution in [0, 0.1) is 0 Å². The van der Waals surface area contributed by atoms with Crippen molar-refractivity contribution in [3.05, 3.63) is 35.9 Å². The van der Waals surface area contributed by atoms with Gasteiger partial charge in [0, 0.05) is 5.56 Å². The molecule has 0 bridgehead atoms. The molecule has 0 spiro atoms. The minimum Gasteiger partial charge on any atom is -0.346 e. The Morgan fingerprint density at radius 2 is 2.00 bits per heavy atom. The molecule has 0 amide bonds. The van der Waals surface area contributed by atoms with Crippen molar-refractivity contribution in [2.45, 2.75) is 19.3 Å². The summed E-state index contributed by atoms with van der Waals surface area (Å²) in [6.07, 6.45) is 0.0661. The van der Waals surface area contributed by atoms with Crippen LogP contribution in [0.4, 0.5) is 0 Å². The second-order valence-corrected chi connectivity index (χ2v) is 3.02. The van der Waals surface area contributed by atoms with E-state index in [2.05, 4.69) is 0 Å². The molecular weight excluding hydrogens is 152 g/mol. The fourth-order valence-electron chi connectivity index (χ4n) is 1.30. The van der Waals surface area contributed by atoms with Gasteiger partial charge in [-0.3, -0.25) is 0 Å². The standard InChI is InChI=1S/C10H12O2/c1-8-7-11-10(12-8)9-5-3-2-4-6-9/h2-6,8,10H,7H2,1H3/t8-,10?/m1/s1. The van der Waals surface area contributed by atoms with E-state index in [1.54, 1.807) is 0 Å². The highest BCUT2D eigenvalue weighted by molar-refractivity contribution is 5.16. The van der Waals surface area contributed by atoms with Crippen LogP contribution in [0.5, 0.6) is 0 Å². The summed E-state index contributed by atoms with van der Waals surface area (Å²) in [5.74, 6) is 0. The lowest BCUT2D eigenvalue weighted by Crippen LogP contribution is -2.02. The smallest absolute Gasteiger partial charge is 0.184 e. The number of hydrogen-bond donors (Lipinski definition) is 0. The van der Waals surface area contributed by atoms with Crippen molar-refractivity contribution in [1.82, 2.24) is 0 Å². The van der Waals surface area contributed by atoms with Gasteiger partial charge in [0.25, 0.3) is 0 Å². The van der Waals surface area contributed by atoms with E-state index in [1.165, 1.54) is 0 Å². The molecule has 0 N–H and O–H groups in total. The van der Waals surface area contributed by atoms with E-state index in [1.807, 2.05) is 37.3 Å². The lowest BCUT2D eigenvalue weighted by Gasteiger charge is -2.08. The molecular formula is C10H12O2. The molecule has 1 saturated heterocycles. The maximum atomic E-state index is 5.53. The molecule has 0 aromatic heterocycles. The molecule has 12 heavy (non-hydrogen) atoms. The summed E-state index contributed by atoms with van der Waals surface area (Å²) < 4.78 is 11.0. The van der Waals surface area contributed by atoms with Gasteiger partial charge in [0.05, 0.1) is 12.7 Å². The highest BCUT2D eigenvalue weighted by Gasteiger charge is 2.23. The predicted molar refractivity (Wildman–Crippen MR) is 45.7 cm³/mol. The Hall–Kier alpha value is -0.860. The highest BCUT2D eigenvalue weighted by atomic mass is 16.7. The zero-order valence-electron chi connectivity index (χ0n) is 7.07. The topological polar surface area (TPSA) is 18.5 Å². The molecule has 1 aliphatic heterocycles. The molecule has 1 fully saturated rings. The van der Waals surface area contributed by atoms with Gasteiger partial charge in [-0.25, -0.2) is 0 Å². The number of ether oxygens (including phenoxy) is 2. The van der Waals surface area contributed by atoms with Crippen LogP contribution in [0.1, 0.15) is 18.8 Å². The largest absolute Gasteiger partial charge is 0.346 e. The fraction of sp³-hybridized carbons (Fsp3) is 0.400. The van der Waals surface area contributed by atoms with Crippen molar-refractivity contribution >= 4 is 0 Å². The van der Waals surface area contributed by atoms with Gasteiger partial charge in [-0.05, 0) is 6.92 Å². The van der Waals surface area contributed by atoms with Crippen molar-refractivity contribution in [1.29, 1.82) is 0 Å². The Balaban J connectivity index is 2.11. The van der Waals surface area contributed by atoms with Crippen LogP contribution in [0.3, 0.4) is 0 Å². The minimum absolute atomic E-state index is 0.152. The van der Waals surface area contributed by atoms with Gasteiger partial charge in [-0.15, -0.1) is 0 Å². The Bertz CT molecular complexity index is 245. The molecule has 1 unspecified atom stereocenters. The third-order valence-corrected chi connectivity index (χ3v) is 1.91. The molecule has 0 radical (unpaired) electrons. The van der Waals surface area contributed by atoms with Crippen LogP contribution in [0.2, 0.25) is 0 Å². The van der Waals surface area contributed by atoms with Crippen molar-refractivity contribution in [3.8, 4) is 0 Å². The van der Waals surface area contributed by atoms with E-state index in [0.29, 0.717) is 6.61 Å². The van der Waals surface area contributed by atoms with Crippen LogP contribution in [0.25, 0.3) is 0 Å². The van der Waals surface area contributed by atoms with Crippen molar-refractivity contribution < 1.29 is 9.47 Å². The third-order valence-electron chi connectivity index (χ3n) is 1.91. The van der Waals surface area contributed by atoms with Crippen LogP contribution in [-0.2, 0) is 9.47 Å². The highest BCUT2D eigenvalue weighted by Crippen LogP contribution is 2.25. The third kappa shape index (κ3) is 1.49. The monoisotopic (exact) mass is 164 g/mol. The van der Waals surface area contributed by atoms with Gasteiger partial charge in [0.2, 0.25) is 0 Å². The average molecular weight is 164 g/mol. The minimum atomic E-state index is -0.152. The van der Waals surface area contributed by atoms with Crippen LogP contribution < -0.4 is 0 Å². The van der Waals surface area contributed by atoms with Crippen LogP contribution in [-0.4, -0.2) is 12.7 Å². The van der Waals surface area contributed by atoms with Crippen LogP contribution >= 0.6 is 0 Å². The average Bonchev–Trinajstić information content (AvgIpc) is 2.54. The van der Waals surface area contributed by atoms with Gasteiger partial charge >= 0.3 is 0 Å². The lowest BCUT2D eigenvalue weighted by molar-refractivity contribution is -0.0572. The van der Waals surface area contributed by atoms with Crippen molar-refractivity contribution in [2.24, 2.45) is 0 Å².